The molecule has 0 unspecified atom stereocenters. The van der Waals surface area contributed by atoms with Gasteiger partial charge in [-0.3, -0.25) is 4.79 Å². The van der Waals surface area contributed by atoms with Gasteiger partial charge in [-0.1, -0.05) is 0 Å². The maximum Gasteiger partial charge on any atom is 0.341 e. The van der Waals surface area contributed by atoms with Gasteiger partial charge in [-0.05, 0) is 23.8 Å². The van der Waals surface area contributed by atoms with Crippen molar-refractivity contribution in [3.63, 3.8) is 0 Å². The lowest BCUT2D eigenvalue weighted by Gasteiger charge is -2.09. The molecule has 0 heterocycles. The second-order valence-corrected chi connectivity index (χ2v) is 6.40. The summed E-state index contributed by atoms with van der Waals surface area (Å²) in [5.41, 5.74) is 0.246. The maximum atomic E-state index is 11.1. The first kappa shape index (κ1) is 17.8. The van der Waals surface area contributed by atoms with Crippen molar-refractivity contribution in [2.75, 3.05) is 33.5 Å². The summed E-state index contributed by atoms with van der Waals surface area (Å²) < 4.78 is 37.8. The molecule has 118 valence electrons. The molecule has 0 aliphatic rings. The van der Waals surface area contributed by atoms with Crippen LogP contribution in [0, 0.1) is 3.57 Å². The van der Waals surface area contributed by atoms with Gasteiger partial charge in [-0.25, -0.2) is 6.14 Å². The van der Waals surface area contributed by atoms with E-state index in [1.807, 2.05) is 0 Å². The second kappa shape index (κ2) is 9.64. The van der Waals surface area contributed by atoms with Gasteiger partial charge in [0, 0.05) is 7.11 Å². The minimum absolute atomic E-state index is 0.0882. The molecule has 0 spiro atoms. The van der Waals surface area contributed by atoms with Crippen LogP contribution in [0.5, 0.6) is 5.75 Å². The summed E-state index contributed by atoms with van der Waals surface area (Å²) in [6, 6.07) is 4.33. The maximum absolute atomic E-state index is 11.1. The van der Waals surface area contributed by atoms with Crippen LogP contribution in [0.2, 0.25) is 0 Å². The summed E-state index contributed by atoms with van der Waals surface area (Å²) >= 11 is -3.72. The molecule has 7 nitrogen and oxygen atoms in total. The number of benzene rings is 1. The lowest BCUT2D eigenvalue weighted by Crippen LogP contribution is -2.10. The molecule has 0 atom stereocenters. The van der Waals surface area contributed by atoms with Crippen LogP contribution in [0.1, 0.15) is 5.56 Å². The lowest BCUT2D eigenvalue weighted by molar-refractivity contribution is -0.136. The van der Waals surface area contributed by atoms with Gasteiger partial charge in [0.05, 0.1) is 29.8 Å². The van der Waals surface area contributed by atoms with E-state index in [-0.39, 0.29) is 22.2 Å². The fourth-order valence-electron chi connectivity index (χ4n) is 1.55. The Balaban J connectivity index is 2.61. The highest BCUT2D eigenvalue weighted by Gasteiger charge is 2.12. The highest BCUT2D eigenvalue weighted by molar-refractivity contribution is 14.2. The lowest BCUT2D eigenvalue weighted by atomic mass is 10.1. The minimum atomic E-state index is -3.72. The van der Waals surface area contributed by atoms with Gasteiger partial charge >= 0.3 is 25.8 Å². The fraction of sp³-hybridized carbons (Fsp3) is 0.462. The number of rotatable bonds is 10. The number of hydrogen-bond acceptors (Lipinski definition) is 6. The fourth-order valence-corrected chi connectivity index (χ4v) is 2.94. The zero-order valence-electron chi connectivity index (χ0n) is 11.5. The van der Waals surface area contributed by atoms with Crippen LogP contribution in [-0.4, -0.2) is 44.6 Å². The number of halogens is 1. The van der Waals surface area contributed by atoms with Gasteiger partial charge in [0.2, 0.25) is 0 Å². The Morgan fingerprint density at radius 3 is 2.52 bits per heavy atom. The van der Waals surface area contributed by atoms with E-state index in [2.05, 4.69) is 0 Å². The van der Waals surface area contributed by atoms with Crippen molar-refractivity contribution in [1.82, 2.24) is 0 Å². The molecule has 8 heteroatoms. The normalized spacial score (nSPS) is 10.8. The van der Waals surface area contributed by atoms with Crippen molar-refractivity contribution in [1.29, 1.82) is 0 Å². The molecule has 21 heavy (non-hydrogen) atoms. The number of hydrogen-bond donors (Lipinski definition) is 1. The van der Waals surface area contributed by atoms with Crippen molar-refractivity contribution >= 4 is 25.8 Å². The summed E-state index contributed by atoms with van der Waals surface area (Å²) in [6.45, 7) is 1.61. The topological polar surface area (TPSA) is 99.1 Å². The Labute approximate surface area is 129 Å². The number of ether oxygens (including phenoxy) is 3. The Kier molecular flexibility index (Phi) is 8.16. The van der Waals surface area contributed by atoms with Crippen LogP contribution < -0.4 is 4.74 Å². The number of aliphatic carboxylic acids is 1. The largest absolute Gasteiger partial charge is 0.491 e. The van der Waals surface area contributed by atoms with Gasteiger partial charge in [-0.15, -0.1) is 0 Å². The average Bonchev–Trinajstić information content (AvgIpc) is 2.42. The molecule has 1 aromatic rings. The quantitative estimate of drug-likeness (QED) is 0.462. The third kappa shape index (κ3) is 6.82. The molecule has 1 rings (SSSR count). The molecule has 0 saturated heterocycles. The van der Waals surface area contributed by atoms with Crippen LogP contribution in [0.3, 0.4) is 0 Å². The monoisotopic (exact) mass is 412 g/mol. The first-order chi connectivity index (χ1) is 10.0. The van der Waals surface area contributed by atoms with Crippen LogP contribution >= 0.6 is 19.8 Å². The van der Waals surface area contributed by atoms with Gasteiger partial charge in [0.25, 0.3) is 0 Å². The summed E-state index contributed by atoms with van der Waals surface area (Å²) in [7, 11) is 1.58. The van der Waals surface area contributed by atoms with E-state index in [4.69, 9.17) is 19.3 Å². The Bertz CT molecular complexity index is 531. The Morgan fingerprint density at radius 1 is 1.19 bits per heavy atom. The molecule has 0 aliphatic heterocycles. The molecule has 0 aromatic heterocycles. The third-order valence-electron chi connectivity index (χ3n) is 2.45. The molecule has 0 saturated carbocycles. The van der Waals surface area contributed by atoms with Gasteiger partial charge in [-0.2, -0.15) is 0 Å². The van der Waals surface area contributed by atoms with Crippen LogP contribution in [0.25, 0.3) is 0 Å². The summed E-state index contributed by atoms with van der Waals surface area (Å²) in [5.74, 6) is -0.669. The van der Waals surface area contributed by atoms with Crippen molar-refractivity contribution in [3.8, 4) is 5.75 Å². The van der Waals surface area contributed by atoms with E-state index < -0.39 is 25.8 Å². The Hall–Kier alpha value is -1.26. The van der Waals surface area contributed by atoms with E-state index in [1.165, 1.54) is 18.2 Å². The van der Waals surface area contributed by atoms with Gasteiger partial charge in [0.1, 0.15) is 12.4 Å². The van der Waals surface area contributed by atoms with Crippen LogP contribution in [0.4, 0.5) is 0 Å². The molecular weight excluding hydrogens is 395 g/mol. The number of methoxy groups -OCH3 is 1. The zero-order valence-corrected chi connectivity index (χ0v) is 13.7. The minimum Gasteiger partial charge on any atom is -0.491 e. The van der Waals surface area contributed by atoms with Gasteiger partial charge < -0.3 is 19.3 Å². The molecule has 1 aromatic carbocycles. The smallest absolute Gasteiger partial charge is 0.341 e. The molecule has 0 fully saturated rings. The SMILES string of the molecule is COCCOCCOc1ccc(I(=O)=O)c(CC(=O)O)c1. The predicted molar refractivity (Wildman–Crippen MR) is 80.1 cm³/mol. The van der Waals surface area contributed by atoms with Crippen molar-refractivity contribution < 1.29 is 30.2 Å². The van der Waals surface area contributed by atoms with E-state index >= 15 is 0 Å². The van der Waals surface area contributed by atoms with Crippen molar-refractivity contribution in [2.45, 2.75) is 6.42 Å². The molecule has 0 radical (unpaired) electrons. The zero-order chi connectivity index (χ0) is 15.7. The molecule has 0 aliphatic carbocycles. The van der Waals surface area contributed by atoms with E-state index in [1.54, 1.807) is 7.11 Å². The van der Waals surface area contributed by atoms with Crippen molar-refractivity contribution in [2.24, 2.45) is 0 Å². The van der Waals surface area contributed by atoms with E-state index in [0.717, 1.165) is 0 Å². The number of carboxylic acid groups (broad SMARTS) is 1. The van der Waals surface area contributed by atoms with Gasteiger partial charge in [0.15, 0.2) is 0 Å². The summed E-state index contributed by atoms with van der Waals surface area (Å²) in [5, 5.41) is 8.80. The van der Waals surface area contributed by atoms with Crippen LogP contribution in [0.15, 0.2) is 18.2 Å². The second-order valence-electron chi connectivity index (χ2n) is 3.99. The average molecular weight is 412 g/mol. The first-order valence-electron chi connectivity index (χ1n) is 6.14. The van der Waals surface area contributed by atoms with E-state index in [9.17, 15) is 10.9 Å². The van der Waals surface area contributed by atoms with E-state index in [0.29, 0.717) is 25.6 Å². The summed E-state index contributed by atoms with van der Waals surface area (Å²) in [6.07, 6.45) is -0.352. The highest BCUT2D eigenvalue weighted by atomic mass is 127. The highest BCUT2D eigenvalue weighted by Crippen LogP contribution is 2.26. The number of carboxylic acids is 1. The standard InChI is InChI=1S/C13H17IO7/c1-19-4-5-20-6-7-21-11-2-3-12(14(17)18)10(8-11)9-13(15)16/h2-3,8H,4-7,9H2,1H3,(H,15,16). The molecule has 0 amide bonds. The molecule has 0 bridgehead atoms. The Morgan fingerprint density at radius 2 is 1.90 bits per heavy atom. The predicted octanol–water partition coefficient (Wildman–Crippen LogP) is 1.72. The van der Waals surface area contributed by atoms with Crippen molar-refractivity contribution in [3.05, 3.63) is 27.3 Å². The molecule has 1 N–H and O–H groups in total. The third-order valence-corrected chi connectivity index (χ3v) is 4.45. The summed E-state index contributed by atoms with van der Waals surface area (Å²) in [4.78, 5) is 10.8. The molecular formula is C13H17IO7. The van der Waals surface area contributed by atoms with Crippen LogP contribution in [-0.2, 0) is 26.8 Å². The first-order valence-corrected chi connectivity index (χ1v) is 8.98. The number of carbonyl (C=O) groups is 1.